The van der Waals surface area contributed by atoms with Crippen LogP contribution in [0.4, 0.5) is 11.5 Å². The van der Waals surface area contributed by atoms with Gasteiger partial charge in [0, 0.05) is 39.3 Å². The van der Waals surface area contributed by atoms with Gasteiger partial charge in [-0.3, -0.25) is 9.69 Å². The first-order valence-electron chi connectivity index (χ1n) is 5.73. The largest absolute Gasteiger partial charge is 0.391 e. The number of nitrogens with zero attached hydrogens (tertiary/aromatic N) is 3. The van der Waals surface area contributed by atoms with Gasteiger partial charge in [0.25, 0.3) is 5.56 Å². The summed E-state index contributed by atoms with van der Waals surface area (Å²) in [5, 5.41) is 0. The molecule has 2 heterocycles. The molecule has 5 N–H and O–H groups in total. The van der Waals surface area contributed by atoms with Crippen LogP contribution in [-0.2, 0) is 0 Å². The first-order chi connectivity index (χ1) is 8.22. The van der Waals surface area contributed by atoms with E-state index in [9.17, 15) is 4.79 Å². The van der Waals surface area contributed by atoms with E-state index in [1.165, 1.54) is 6.33 Å². The minimum atomic E-state index is -0.278. The Kier molecular flexibility index (Phi) is 3.60. The van der Waals surface area contributed by atoms with Crippen LogP contribution >= 0.6 is 0 Å². The SMILES string of the molecule is NCCN1CCN(c2nc[nH]c(=O)c2N)CC1. The molecular weight excluding hydrogens is 220 g/mol. The Morgan fingerprint density at radius 2 is 2.06 bits per heavy atom. The quantitative estimate of drug-likeness (QED) is 0.588. The number of piperazine rings is 1. The van der Waals surface area contributed by atoms with Crippen LogP contribution in [0.15, 0.2) is 11.1 Å². The molecule has 1 aromatic heterocycles. The van der Waals surface area contributed by atoms with Crippen LogP contribution in [0, 0.1) is 0 Å². The lowest BCUT2D eigenvalue weighted by Crippen LogP contribution is -2.48. The van der Waals surface area contributed by atoms with Crippen molar-refractivity contribution in [3.8, 4) is 0 Å². The van der Waals surface area contributed by atoms with Gasteiger partial charge in [0.15, 0.2) is 5.82 Å². The van der Waals surface area contributed by atoms with E-state index >= 15 is 0 Å². The highest BCUT2D eigenvalue weighted by molar-refractivity contribution is 5.61. The molecule has 1 aromatic rings. The number of rotatable bonds is 3. The summed E-state index contributed by atoms with van der Waals surface area (Å²) in [4.78, 5) is 22.3. The van der Waals surface area contributed by atoms with Crippen LogP contribution in [-0.4, -0.2) is 54.1 Å². The third-order valence-electron chi connectivity index (χ3n) is 2.99. The Bertz CT molecular complexity index is 423. The molecule has 1 saturated heterocycles. The molecular formula is C10H18N6O. The molecule has 0 aliphatic carbocycles. The highest BCUT2D eigenvalue weighted by Crippen LogP contribution is 2.16. The Morgan fingerprint density at radius 3 is 2.71 bits per heavy atom. The maximum atomic E-state index is 11.4. The second-order valence-corrected chi connectivity index (χ2v) is 4.09. The van der Waals surface area contributed by atoms with E-state index in [1.54, 1.807) is 0 Å². The van der Waals surface area contributed by atoms with Crippen LogP contribution < -0.4 is 21.9 Å². The summed E-state index contributed by atoms with van der Waals surface area (Å²) < 4.78 is 0. The molecule has 0 aromatic carbocycles. The van der Waals surface area contributed by atoms with Crippen molar-refractivity contribution in [2.45, 2.75) is 0 Å². The summed E-state index contributed by atoms with van der Waals surface area (Å²) in [6.45, 7) is 5.06. The third kappa shape index (κ3) is 2.56. The van der Waals surface area contributed by atoms with Crippen LogP contribution in [0.3, 0.4) is 0 Å². The number of aromatic amines is 1. The van der Waals surface area contributed by atoms with Gasteiger partial charge in [-0.15, -0.1) is 0 Å². The van der Waals surface area contributed by atoms with Crippen molar-refractivity contribution in [1.82, 2.24) is 14.9 Å². The molecule has 1 aliphatic heterocycles. The van der Waals surface area contributed by atoms with Crippen molar-refractivity contribution in [1.29, 1.82) is 0 Å². The van der Waals surface area contributed by atoms with Crippen molar-refractivity contribution in [2.75, 3.05) is 49.9 Å². The van der Waals surface area contributed by atoms with Crippen molar-refractivity contribution in [2.24, 2.45) is 5.73 Å². The van der Waals surface area contributed by atoms with Crippen LogP contribution in [0.5, 0.6) is 0 Å². The third-order valence-corrected chi connectivity index (χ3v) is 2.99. The molecule has 7 nitrogen and oxygen atoms in total. The molecule has 0 saturated carbocycles. The second-order valence-electron chi connectivity index (χ2n) is 4.09. The summed E-state index contributed by atoms with van der Waals surface area (Å²) in [6, 6.07) is 0. The monoisotopic (exact) mass is 238 g/mol. The first kappa shape index (κ1) is 11.9. The van der Waals surface area contributed by atoms with E-state index in [0.29, 0.717) is 12.4 Å². The molecule has 1 fully saturated rings. The average molecular weight is 238 g/mol. The number of nitrogens with two attached hydrogens (primary N) is 2. The maximum absolute atomic E-state index is 11.4. The molecule has 94 valence electrons. The van der Waals surface area contributed by atoms with E-state index in [-0.39, 0.29) is 11.2 Å². The zero-order valence-corrected chi connectivity index (χ0v) is 9.72. The van der Waals surface area contributed by atoms with E-state index < -0.39 is 0 Å². The van der Waals surface area contributed by atoms with Crippen LogP contribution in [0.1, 0.15) is 0 Å². The first-order valence-corrected chi connectivity index (χ1v) is 5.73. The molecule has 1 aliphatic rings. The average Bonchev–Trinajstić information content (AvgIpc) is 2.34. The van der Waals surface area contributed by atoms with Crippen molar-refractivity contribution in [3.63, 3.8) is 0 Å². The molecule has 0 atom stereocenters. The maximum Gasteiger partial charge on any atom is 0.276 e. The second kappa shape index (κ2) is 5.15. The molecule has 0 bridgehead atoms. The summed E-state index contributed by atoms with van der Waals surface area (Å²) in [6.07, 6.45) is 1.39. The van der Waals surface area contributed by atoms with Gasteiger partial charge in [0.1, 0.15) is 5.69 Å². The van der Waals surface area contributed by atoms with Gasteiger partial charge in [-0.1, -0.05) is 0 Å². The molecule has 2 rings (SSSR count). The highest BCUT2D eigenvalue weighted by atomic mass is 16.1. The zero-order valence-electron chi connectivity index (χ0n) is 9.72. The molecule has 0 radical (unpaired) electrons. The van der Waals surface area contributed by atoms with Crippen LogP contribution in [0.25, 0.3) is 0 Å². The van der Waals surface area contributed by atoms with Gasteiger partial charge in [-0.2, -0.15) is 0 Å². The number of hydrogen-bond donors (Lipinski definition) is 3. The van der Waals surface area contributed by atoms with Gasteiger partial charge in [-0.05, 0) is 0 Å². The Morgan fingerprint density at radius 1 is 1.35 bits per heavy atom. The summed E-state index contributed by atoms with van der Waals surface area (Å²) in [7, 11) is 0. The normalized spacial score (nSPS) is 17.4. The van der Waals surface area contributed by atoms with Gasteiger partial charge in [0.2, 0.25) is 0 Å². The number of hydrogen-bond acceptors (Lipinski definition) is 6. The smallest absolute Gasteiger partial charge is 0.276 e. The fourth-order valence-corrected chi connectivity index (χ4v) is 2.02. The predicted octanol–water partition coefficient (Wildman–Crippen LogP) is -1.57. The number of aromatic nitrogens is 2. The Hall–Kier alpha value is -1.60. The lowest BCUT2D eigenvalue weighted by molar-refractivity contribution is 0.264. The topological polar surface area (TPSA) is 104 Å². The van der Waals surface area contributed by atoms with Gasteiger partial charge < -0.3 is 21.4 Å². The summed E-state index contributed by atoms with van der Waals surface area (Å²) in [5.74, 6) is 0.584. The highest BCUT2D eigenvalue weighted by Gasteiger charge is 2.19. The molecule has 0 spiro atoms. The zero-order chi connectivity index (χ0) is 12.3. The standard InChI is InChI=1S/C10H18N6O/c11-1-2-15-3-5-16(6-4-15)9-8(12)10(17)14-7-13-9/h7H,1-6,11-12H2,(H,13,14,17). The number of anilines is 2. The Balaban J connectivity index is 2.05. The lowest BCUT2D eigenvalue weighted by atomic mass is 10.3. The molecule has 7 heteroatoms. The fourth-order valence-electron chi connectivity index (χ4n) is 2.02. The van der Waals surface area contributed by atoms with Gasteiger partial charge in [0.05, 0.1) is 6.33 Å². The molecule has 0 unspecified atom stereocenters. The lowest BCUT2D eigenvalue weighted by Gasteiger charge is -2.35. The molecule has 0 amide bonds. The van der Waals surface area contributed by atoms with Crippen molar-refractivity contribution in [3.05, 3.63) is 16.7 Å². The Labute approximate surface area is 99.4 Å². The minimum Gasteiger partial charge on any atom is -0.391 e. The van der Waals surface area contributed by atoms with Crippen molar-refractivity contribution < 1.29 is 0 Å². The van der Waals surface area contributed by atoms with E-state index in [0.717, 1.165) is 32.7 Å². The van der Waals surface area contributed by atoms with E-state index in [1.807, 2.05) is 4.90 Å². The summed E-state index contributed by atoms with van der Waals surface area (Å²) >= 11 is 0. The van der Waals surface area contributed by atoms with Crippen LogP contribution in [0.2, 0.25) is 0 Å². The summed E-state index contributed by atoms with van der Waals surface area (Å²) in [5.41, 5.74) is 11.2. The fraction of sp³-hybridized carbons (Fsp3) is 0.600. The minimum absolute atomic E-state index is 0.194. The van der Waals surface area contributed by atoms with Gasteiger partial charge >= 0.3 is 0 Å². The van der Waals surface area contributed by atoms with Gasteiger partial charge in [-0.25, -0.2) is 4.98 Å². The number of H-pyrrole nitrogens is 1. The predicted molar refractivity (Wildman–Crippen MR) is 67.0 cm³/mol. The number of nitrogen functional groups attached to an aromatic ring is 1. The molecule has 17 heavy (non-hydrogen) atoms. The van der Waals surface area contributed by atoms with E-state index in [2.05, 4.69) is 14.9 Å². The van der Waals surface area contributed by atoms with E-state index in [4.69, 9.17) is 11.5 Å². The van der Waals surface area contributed by atoms with Crippen molar-refractivity contribution >= 4 is 11.5 Å². The number of nitrogens with one attached hydrogen (secondary N) is 1.